The Morgan fingerprint density at radius 2 is 1.92 bits per heavy atom. The van der Waals surface area contributed by atoms with Crippen molar-refractivity contribution in [2.75, 3.05) is 6.54 Å². The van der Waals surface area contributed by atoms with Gasteiger partial charge in [0, 0.05) is 12.5 Å². The van der Waals surface area contributed by atoms with Crippen LogP contribution in [-0.2, 0) is 14.6 Å². The van der Waals surface area contributed by atoms with E-state index in [9.17, 15) is 18.4 Å². The van der Waals surface area contributed by atoms with Crippen LogP contribution in [0.4, 0.5) is 0 Å². The molecule has 3 rings (SSSR count). The van der Waals surface area contributed by atoms with Gasteiger partial charge in [-0.05, 0) is 44.6 Å². The van der Waals surface area contributed by atoms with Crippen LogP contribution in [0.3, 0.4) is 0 Å². The highest BCUT2D eigenvalue weighted by atomic mass is 32.2. The molecule has 6 heteroatoms. The lowest BCUT2D eigenvalue weighted by Crippen LogP contribution is -2.43. The summed E-state index contributed by atoms with van der Waals surface area (Å²) in [7, 11) is -3.67. The molecule has 136 valence electrons. The Morgan fingerprint density at radius 1 is 1.12 bits per heavy atom. The van der Waals surface area contributed by atoms with Crippen molar-refractivity contribution in [3.8, 4) is 0 Å². The van der Waals surface area contributed by atoms with Crippen LogP contribution < -0.4 is 0 Å². The Balaban J connectivity index is 1.72. The molecule has 0 spiro atoms. The molecule has 3 atom stereocenters. The summed E-state index contributed by atoms with van der Waals surface area (Å²) < 4.78 is 25.8. The van der Waals surface area contributed by atoms with E-state index in [1.54, 1.807) is 6.08 Å². The Bertz CT molecular complexity index is 760. The van der Waals surface area contributed by atoms with Gasteiger partial charge in [-0.3, -0.25) is 10.0 Å². The van der Waals surface area contributed by atoms with Crippen molar-refractivity contribution in [1.82, 2.24) is 5.06 Å². The van der Waals surface area contributed by atoms with E-state index < -0.39 is 26.2 Å². The maximum Gasteiger partial charge on any atom is 0.264 e. The van der Waals surface area contributed by atoms with E-state index >= 15 is 0 Å². The number of rotatable bonds is 3. The fraction of sp³-hybridized carbons (Fsp3) is 0.526. The fourth-order valence-corrected chi connectivity index (χ4v) is 5.60. The van der Waals surface area contributed by atoms with Gasteiger partial charge in [0.1, 0.15) is 5.25 Å². The van der Waals surface area contributed by atoms with Crippen LogP contribution in [0.15, 0.2) is 47.6 Å². The van der Waals surface area contributed by atoms with Crippen LogP contribution in [0.5, 0.6) is 0 Å². The van der Waals surface area contributed by atoms with E-state index in [1.165, 1.54) is 5.57 Å². The van der Waals surface area contributed by atoms with Crippen molar-refractivity contribution in [3.05, 3.63) is 47.6 Å². The second-order valence-electron chi connectivity index (χ2n) is 7.02. The summed E-state index contributed by atoms with van der Waals surface area (Å²) in [6.45, 7) is 2.27. The number of hydroxylamine groups is 2. The van der Waals surface area contributed by atoms with Crippen molar-refractivity contribution in [2.24, 2.45) is 5.92 Å². The average molecular weight is 363 g/mol. The molecule has 0 bridgehead atoms. The van der Waals surface area contributed by atoms with Gasteiger partial charge in [-0.2, -0.15) is 0 Å². The standard InChI is InChI=1S/C19H25NO4S/c1-14-5-7-15(8-6-14)16-9-11-17(12-10-16)25(23,24)18-4-2-3-13-20(22)19(18)21/h5-7,9-11,15,17-18,22H,2-4,8,12-13H2,1H3. The molecule has 0 aromatic rings. The molecule has 1 aliphatic heterocycles. The topological polar surface area (TPSA) is 74.7 Å². The Kier molecular flexibility index (Phi) is 5.29. The first-order chi connectivity index (χ1) is 11.9. The van der Waals surface area contributed by atoms with Crippen LogP contribution >= 0.6 is 0 Å². The number of allylic oxidation sites excluding steroid dienone is 7. The number of amides is 1. The number of hydrogen-bond acceptors (Lipinski definition) is 4. The summed E-state index contributed by atoms with van der Waals surface area (Å²) in [5.74, 6) is -0.396. The van der Waals surface area contributed by atoms with E-state index in [2.05, 4.69) is 25.2 Å². The molecule has 3 unspecified atom stereocenters. The van der Waals surface area contributed by atoms with Gasteiger partial charge in [0.25, 0.3) is 5.91 Å². The predicted octanol–water partition coefficient (Wildman–Crippen LogP) is 2.95. The van der Waals surface area contributed by atoms with Crippen LogP contribution in [0.1, 0.15) is 39.0 Å². The maximum atomic E-state index is 12.9. The van der Waals surface area contributed by atoms with Gasteiger partial charge in [-0.25, -0.2) is 13.5 Å². The molecule has 5 nitrogen and oxygen atoms in total. The van der Waals surface area contributed by atoms with Crippen LogP contribution in [-0.4, -0.2) is 41.6 Å². The minimum absolute atomic E-state index is 0.205. The third kappa shape index (κ3) is 3.80. The van der Waals surface area contributed by atoms with Gasteiger partial charge in [0.15, 0.2) is 9.84 Å². The lowest BCUT2D eigenvalue weighted by molar-refractivity contribution is -0.163. The number of nitrogens with zero attached hydrogens (tertiary/aromatic N) is 1. The number of carbonyl (C=O) groups excluding carboxylic acids is 1. The Hall–Kier alpha value is -1.66. The molecule has 0 radical (unpaired) electrons. The molecule has 1 saturated heterocycles. The van der Waals surface area contributed by atoms with Gasteiger partial charge in [0.05, 0.1) is 5.25 Å². The molecule has 1 fully saturated rings. The summed E-state index contributed by atoms with van der Waals surface area (Å²) >= 11 is 0. The lowest BCUT2D eigenvalue weighted by atomic mass is 9.87. The van der Waals surface area contributed by atoms with Gasteiger partial charge in [-0.15, -0.1) is 0 Å². The van der Waals surface area contributed by atoms with Gasteiger partial charge >= 0.3 is 0 Å². The number of hydrogen-bond donors (Lipinski definition) is 1. The highest BCUT2D eigenvalue weighted by Crippen LogP contribution is 2.31. The highest BCUT2D eigenvalue weighted by molar-refractivity contribution is 7.93. The normalized spacial score (nSPS) is 30.7. The largest absolute Gasteiger partial charge is 0.286 e. The van der Waals surface area contributed by atoms with E-state index in [0.717, 1.165) is 12.0 Å². The zero-order chi connectivity index (χ0) is 18.0. The van der Waals surface area contributed by atoms with Crippen molar-refractivity contribution in [1.29, 1.82) is 0 Å². The number of carbonyl (C=O) groups is 1. The molecule has 2 aliphatic carbocycles. The summed E-state index contributed by atoms with van der Waals surface area (Å²) in [6, 6.07) is 0. The van der Waals surface area contributed by atoms with E-state index in [-0.39, 0.29) is 18.9 Å². The van der Waals surface area contributed by atoms with Crippen LogP contribution in [0.25, 0.3) is 0 Å². The monoisotopic (exact) mass is 363 g/mol. The molecule has 3 aliphatic rings. The first-order valence-electron chi connectivity index (χ1n) is 8.86. The minimum Gasteiger partial charge on any atom is -0.286 e. The van der Waals surface area contributed by atoms with Crippen LogP contribution in [0, 0.1) is 5.92 Å². The molecule has 0 saturated carbocycles. The Morgan fingerprint density at radius 3 is 2.56 bits per heavy atom. The van der Waals surface area contributed by atoms with Crippen molar-refractivity contribution in [2.45, 2.75) is 49.5 Å². The van der Waals surface area contributed by atoms with Crippen LogP contribution in [0.2, 0.25) is 0 Å². The Labute approximate surface area is 149 Å². The zero-order valence-electron chi connectivity index (χ0n) is 14.5. The molecule has 25 heavy (non-hydrogen) atoms. The molecule has 1 heterocycles. The molecular formula is C19H25NO4S. The molecule has 1 N–H and O–H groups in total. The first kappa shape index (κ1) is 18.1. The highest BCUT2D eigenvalue weighted by Gasteiger charge is 2.40. The van der Waals surface area contributed by atoms with Crippen molar-refractivity contribution < 1.29 is 18.4 Å². The summed E-state index contributed by atoms with van der Waals surface area (Å²) in [4.78, 5) is 12.2. The molecule has 0 aromatic heterocycles. The second kappa shape index (κ2) is 7.30. The summed E-state index contributed by atoms with van der Waals surface area (Å²) in [5, 5.41) is 8.45. The quantitative estimate of drug-likeness (QED) is 0.782. The first-order valence-corrected chi connectivity index (χ1v) is 10.5. The van der Waals surface area contributed by atoms with E-state index in [1.807, 2.05) is 12.2 Å². The minimum atomic E-state index is -3.67. The smallest absolute Gasteiger partial charge is 0.264 e. The summed E-state index contributed by atoms with van der Waals surface area (Å²) in [5.41, 5.74) is 2.37. The van der Waals surface area contributed by atoms with Crippen molar-refractivity contribution in [3.63, 3.8) is 0 Å². The fourth-order valence-electron chi connectivity index (χ4n) is 3.62. The summed E-state index contributed by atoms with van der Waals surface area (Å²) in [6.07, 6.45) is 14.8. The average Bonchev–Trinajstić information content (AvgIpc) is 2.78. The molecular weight excluding hydrogens is 338 g/mol. The van der Waals surface area contributed by atoms with E-state index in [0.29, 0.717) is 24.3 Å². The van der Waals surface area contributed by atoms with Crippen molar-refractivity contribution >= 4 is 15.7 Å². The number of sulfone groups is 1. The third-order valence-electron chi connectivity index (χ3n) is 5.24. The second-order valence-corrected chi connectivity index (χ2v) is 9.37. The molecule has 1 amide bonds. The lowest BCUT2D eigenvalue weighted by Gasteiger charge is -2.25. The zero-order valence-corrected chi connectivity index (χ0v) is 15.3. The van der Waals surface area contributed by atoms with Gasteiger partial charge in [-0.1, -0.05) is 42.0 Å². The third-order valence-corrected chi connectivity index (χ3v) is 7.66. The van der Waals surface area contributed by atoms with Gasteiger partial charge in [0.2, 0.25) is 0 Å². The van der Waals surface area contributed by atoms with Gasteiger partial charge < -0.3 is 0 Å². The predicted molar refractivity (Wildman–Crippen MR) is 96.7 cm³/mol. The molecule has 0 aromatic carbocycles. The maximum absolute atomic E-state index is 12.9. The SMILES string of the molecule is CC1=CCC(C2=CCC(S(=O)(=O)C3CCCCN(O)C3=O)C=C2)C=C1. The van der Waals surface area contributed by atoms with E-state index in [4.69, 9.17) is 0 Å².